The van der Waals surface area contributed by atoms with Crippen molar-refractivity contribution in [2.75, 3.05) is 42.6 Å². The summed E-state index contributed by atoms with van der Waals surface area (Å²) < 4.78 is 35.5. The molecule has 1 unspecified atom stereocenters. The number of aliphatic hydroxyl groups is 1. The van der Waals surface area contributed by atoms with Crippen LogP contribution in [0, 0.1) is 5.82 Å². The molecule has 3 saturated heterocycles. The first-order valence-electron chi connectivity index (χ1n) is 15.2. The maximum absolute atomic E-state index is 14.9. The van der Waals surface area contributed by atoms with Gasteiger partial charge in [-0.2, -0.15) is 9.97 Å². The number of alkyl halides is 1. The van der Waals surface area contributed by atoms with E-state index in [0.717, 1.165) is 32.0 Å². The van der Waals surface area contributed by atoms with Gasteiger partial charge >= 0.3 is 6.01 Å². The van der Waals surface area contributed by atoms with E-state index < -0.39 is 18.1 Å². The summed E-state index contributed by atoms with van der Waals surface area (Å²) >= 11 is 0. The molecule has 0 radical (unpaired) electrons. The van der Waals surface area contributed by atoms with Gasteiger partial charge in [-0.25, -0.2) is 8.78 Å². The van der Waals surface area contributed by atoms with E-state index in [1.165, 1.54) is 17.0 Å². The summed E-state index contributed by atoms with van der Waals surface area (Å²) in [6.45, 7) is 4.50. The zero-order valence-corrected chi connectivity index (χ0v) is 24.2. The molecule has 1 amide bonds. The molecule has 0 aliphatic carbocycles. The number of benzene rings is 1. The van der Waals surface area contributed by atoms with Crippen molar-refractivity contribution < 1.29 is 28.5 Å². The van der Waals surface area contributed by atoms with Crippen molar-refractivity contribution in [2.24, 2.45) is 0 Å². The molecule has 10 nitrogen and oxygen atoms in total. The molecule has 0 spiro atoms. The number of aryl methyl sites for hydroxylation is 1. The molecule has 2 aromatic heterocycles. The number of aromatic nitrogens is 3. The lowest BCUT2D eigenvalue weighted by Crippen LogP contribution is -2.43. The second-order valence-corrected chi connectivity index (χ2v) is 12.3. The Kier molecular flexibility index (Phi) is 7.08. The van der Waals surface area contributed by atoms with Crippen LogP contribution in [0.1, 0.15) is 67.1 Å². The Labute approximate surface area is 248 Å². The van der Waals surface area contributed by atoms with Crippen LogP contribution in [-0.2, 0) is 13.0 Å². The number of nitrogens with zero attached hydrogens (tertiary/aromatic N) is 6. The van der Waals surface area contributed by atoms with Crippen molar-refractivity contribution in [3.63, 3.8) is 0 Å². The first-order valence-corrected chi connectivity index (χ1v) is 15.2. The van der Waals surface area contributed by atoms with Gasteiger partial charge in [-0.05, 0) is 45.1 Å². The highest BCUT2D eigenvalue weighted by Gasteiger charge is 2.49. The Morgan fingerprint density at radius 1 is 1.16 bits per heavy atom. The van der Waals surface area contributed by atoms with Gasteiger partial charge in [0.1, 0.15) is 35.7 Å². The molecule has 3 aromatic rings. The molecular weight excluding hydrogens is 558 g/mol. The Morgan fingerprint density at radius 2 is 2.02 bits per heavy atom. The maximum atomic E-state index is 14.9. The van der Waals surface area contributed by atoms with Crippen molar-refractivity contribution in [3.05, 3.63) is 41.0 Å². The number of phenols is 1. The summed E-state index contributed by atoms with van der Waals surface area (Å²) in [5, 5.41) is 21.3. The highest BCUT2D eigenvalue weighted by atomic mass is 19.1. The average Bonchev–Trinajstić information content (AvgIpc) is 3.56. The fraction of sp³-hybridized carbons (Fsp3) is 0.548. The van der Waals surface area contributed by atoms with Gasteiger partial charge in [0.05, 0.1) is 41.3 Å². The van der Waals surface area contributed by atoms with E-state index in [0.29, 0.717) is 84.5 Å². The highest BCUT2D eigenvalue weighted by Crippen LogP contribution is 2.42. The molecule has 3 atom stereocenters. The molecule has 7 rings (SSSR count). The second kappa shape index (κ2) is 10.8. The third kappa shape index (κ3) is 4.84. The van der Waals surface area contributed by atoms with Crippen molar-refractivity contribution in [1.82, 2.24) is 19.9 Å². The van der Waals surface area contributed by atoms with Gasteiger partial charge in [0.15, 0.2) is 0 Å². The number of hydrogen-bond donors (Lipinski definition) is 2. The van der Waals surface area contributed by atoms with Gasteiger partial charge in [-0.15, -0.1) is 0 Å². The Balaban J connectivity index is 1.29. The Morgan fingerprint density at radius 3 is 2.86 bits per heavy atom. The van der Waals surface area contributed by atoms with Crippen molar-refractivity contribution in [2.45, 2.75) is 76.2 Å². The normalized spacial score (nSPS) is 25.8. The number of amides is 1. The number of aliphatic hydroxyl groups excluding tert-OH is 1. The standard InChI is InChI=1S/C31H36F2N6O4/c1-2-21-22(33)14-34-23-11-20(41)12-25(26(21)23)39-16-24-27(29(39)42)28(37-8-3-5-19(40)6-10-37)36-30(35-24)43-17-31-7-4-9-38(31)15-18(32)13-31/h11-12,14,18-19,40-41H,2-10,13,15-17H2,1H3/t18-,19?,31+/m1/s1. The van der Waals surface area contributed by atoms with Gasteiger partial charge in [-0.1, -0.05) is 6.92 Å². The molecule has 1 aromatic carbocycles. The van der Waals surface area contributed by atoms with Gasteiger partial charge in [0, 0.05) is 49.1 Å². The minimum Gasteiger partial charge on any atom is -0.508 e. The predicted octanol–water partition coefficient (Wildman–Crippen LogP) is 3.90. The van der Waals surface area contributed by atoms with Crippen LogP contribution in [0.5, 0.6) is 11.8 Å². The number of fused-ring (bicyclic) bond motifs is 3. The number of anilines is 2. The summed E-state index contributed by atoms with van der Waals surface area (Å²) in [6.07, 6.45) is 4.34. The molecule has 4 aliphatic heterocycles. The Bertz CT molecular complexity index is 1590. The fourth-order valence-corrected chi connectivity index (χ4v) is 7.48. The predicted molar refractivity (Wildman–Crippen MR) is 156 cm³/mol. The van der Waals surface area contributed by atoms with Crippen LogP contribution in [0.3, 0.4) is 0 Å². The molecule has 4 aliphatic rings. The van der Waals surface area contributed by atoms with Crippen LogP contribution < -0.4 is 14.5 Å². The SMILES string of the molecule is CCc1c(F)cnc2cc(O)cc(N3Cc4nc(OC[C@@]56CCCN5C[C@H](F)C6)nc(N5CCCC(O)CC5)c4C3=O)c12. The van der Waals surface area contributed by atoms with Crippen LogP contribution in [0.25, 0.3) is 10.9 Å². The molecule has 6 heterocycles. The molecule has 43 heavy (non-hydrogen) atoms. The number of pyridine rings is 1. The third-order valence-corrected chi connectivity index (χ3v) is 9.57. The molecule has 228 valence electrons. The topological polar surface area (TPSA) is 115 Å². The minimum atomic E-state index is -0.889. The van der Waals surface area contributed by atoms with E-state index in [2.05, 4.69) is 9.88 Å². The number of carbonyl (C=O) groups excluding carboxylic acids is 1. The number of halogens is 2. The summed E-state index contributed by atoms with van der Waals surface area (Å²) in [7, 11) is 0. The van der Waals surface area contributed by atoms with E-state index in [9.17, 15) is 23.8 Å². The molecule has 0 bridgehead atoms. The average molecular weight is 595 g/mol. The first kappa shape index (κ1) is 28.1. The Hall–Kier alpha value is -3.64. The molecular formula is C31H36F2N6O4. The van der Waals surface area contributed by atoms with Crippen LogP contribution in [0.15, 0.2) is 18.3 Å². The van der Waals surface area contributed by atoms with E-state index in [4.69, 9.17) is 14.7 Å². The quantitative estimate of drug-likeness (QED) is 0.439. The van der Waals surface area contributed by atoms with Crippen LogP contribution >= 0.6 is 0 Å². The number of hydrogen-bond acceptors (Lipinski definition) is 9. The fourth-order valence-electron chi connectivity index (χ4n) is 7.48. The molecule has 2 N–H and O–H groups in total. The van der Waals surface area contributed by atoms with Gasteiger partial charge in [0.25, 0.3) is 5.91 Å². The van der Waals surface area contributed by atoms with Gasteiger partial charge in [-0.3, -0.25) is 14.7 Å². The van der Waals surface area contributed by atoms with Gasteiger partial charge < -0.3 is 24.7 Å². The lowest BCUT2D eigenvalue weighted by atomic mass is 9.95. The van der Waals surface area contributed by atoms with E-state index >= 15 is 0 Å². The second-order valence-electron chi connectivity index (χ2n) is 12.3. The monoisotopic (exact) mass is 594 g/mol. The number of phenolic OH excluding ortho intramolecular Hbond substituents is 1. The first-order chi connectivity index (χ1) is 20.8. The van der Waals surface area contributed by atoms with Crippen LogP contribution in [0.4, 0.5) is 20.3 Å². The van der Waals surface area contributed by atoms with E-state index in [1.807, 2.05) is 11.8 Å². The molecule has 12 heteroatoms. The lowest BCUT2D eigenvalue weighted by Gasteiger charge is -2.31. The highest BCUT2D eigenvalue weighted by molar-refractivity contribution is 6.16. The zero-order chi connectivity index (χ0) is 29.9. The lowest BCUT2D eigenvalue weighted by molar-refractivity contribution is 0.0996. The smallest absolute Gasteiger partial charge is 0.318 e. The molecule has 0 saturated carbocycles. The van der Waals surface area contributed by atoms with E-state index in [1.54, 1.807) is 0 Å². The summed E-state index contributed by atoms with van der Waals surface area (Å²) in [4.78, 5) is 33.5. The van der Waals surface area contributed by atoms with Crippen molar-refractivity contribution in [1.29, 1.82) is 0 Å². The number of ether oxygens (including phenoxy) is 1. The summed E-state index contributed by atoms with van der Waals surface area (Å²) in [6, 6.07) is 3.04. The third-order valence-electron chi connectivity index (χ3n) is 9.57. The maximum Gasteiger partial charge on any atom is 0.318 e. The van der Waals surface area contributed by atoms with Crippen LogP contribution in [-0.4, -0.2) is 86.6 Å². The number of carbonyl (C=O) groups is 1. The number of rotatable bonds is 6. The molecule has 3 fully saturated rings. The summed E-state index contributed by atoms with van der Waals surface area (Å²) in [5.41, 5.74) is 1.55. The number of aromatic hydroxyl groups is 1. The zero-order valence-electron chi connectivity index (χ0n) is 24.2. The van der Waals surface area contributed by atoms with Crippen molar-refractivity contribution >= 4 is 28.3 Å². The summed E-state index contributed by atoms with van der Waals surface area (Å²) in [5.74, 6) is -0.502. The minimum absolute atomic E-state index is 0.0680. The van der Waals surface area contributed by atoms with Crippen molar-refractivity contribution in [3.8, 4) is 11.8 Å². The van der Waals surface area contributed by atoms with Gasteiger partial charge in [0.2, 0.25) is 0 Å². The van der Waals surface area contributed by atoms with E-state index in [-0.39, 0.29) is 36.4 Å². The largest absolute Gasteiger partial charge is 0.508 e. The van der Waals surface area contributed by atoms with Crippen LogP contribution in [0.2, 0.25) is 0 Å².